The van der Waals surface area contributed by atoms with Crippen molar-refractivity contribution in [2.24, 2.45) is 0 Å². The molecule has 9 heteroatoms. The highest BCUT2D eigenvalue weighted by Gasteiger charge is 2.34. The summed E-state index contributed by atoms with van der Waals surface area (Å²) in [4.78, 5) is 23.6. The van der Waals surface area contributed by atoms with Gasteiger partial charge in [-0.1, -0.05) is 6.07 Å². The van der Waals surface area contributed by atoms with Gasteiger partial charge in [-0.3, -0.25) is 4.79 Å². The van der Waals surface area contributed by atoms with E-state index in [-0.39, 0.29) is 29.4 Å². The third-order valence-electron chi connectivity index (χ3n) is 6.10. The van der Waals surface area contributed by atoms with Gasteiger partial charge in [0, 0.05) is 48.7 Å². The Bertz CT molecular complexity index is 1310. The number of fused-ring (bicyclic) bond motifs is 1. The van der Waals surface area contributed by atoms with Crippen molar-refractivity contribution in [2.75, 3.05) is 20.1 Å². The third kappa shape index (κ3) is 4.58. The number of rotatable bonds is 8. The number of carbonyl (C=O) groups is 2. The second-order valence-corrected chi connectivity index (χ2v) is 10.6. The molecule has 1 N–H and O–H groups in total. The average molecular weight is 484 g/mol. The number of ether oxygens (including phenoxy) is 1. The van der Waals surface area contributed by atoms with Gasteiger partial charge in [0.1, 0.15) is 12.0 Å². The van der Waals surface area contributed by atoms with E-state index in [0.717, 1.165) is 22.8 Å². The second kappa shape index (κ2) is 9.60. The second-order valence-electron chi connectivity index (χ2n) is 8.70. The standard InChI is InChI=1S/C25H29N3O5S/c1-17(2)33-20-5-7-21(8-6-20)34(31,32)28-11-10-19(15-28)23-16-27(12-13-29)24-14-18(25(30)26-3)4-9-22(23)24/h4-9,13-14,16-17,19H,10-12,15H2,1-3H3,(H,26,30). The van der Waals surface area contributed by atoms with Gasteiger partial charge in [0.2, 0.25) is 10.0 Å². The van der Waals surface area contributed by atoms with Crippen LogP contribution in [0.15, 0.2) is 53.6 Å². The van der Waals surface area contributed by atoms with E-state index in [1.54, 1.807) is 43.4 Å². The van der Waals surface area contributed by atoms with E-state index in [9.17, 15) is 18.0 Å². The molecule has 1 aromatic heterocycles. The number of aldehydes is 1. The van der Waals surface area contributed by atoms with E-state index < -0.39 is 10.0 Å². The van der Waals surface area contributed by atoms with Crippen molar-refractivity contribution in [3.8, 4) is 5.75 Å². The predicted molar refractivity (Wildman–Crippen MR) is 130 cm³/mol. The van der Waals surface area contributed by atoms with Gasteiger partial charge in [-0.25, -0.2) is 8.42 Å². The van der Waals surface area contributed by atoms with Crippen LogP contribution >= 0.6 is 0 Å². The normalized spacial score (nSPS) is 16.8. The molecule has 1 unspecified atom stereocenters. The van der Waals surface area contributed by atoms with Gasteiger partial charge < -0.3 is 19.4 Å². The number of benzene rings is 2. The van der Waals surface area contributed by atoms with Crippen molar-refractivity contribution in [1.29, 1.82) is 0 Å². The molecule has 180 valence electrons. The molecule has 0 bridgehead atoms. The van der Waals surface area contributed by atoms with Crippen LogP contribution in [0.3, 0.4) is 0 Å². The lowest BCUT2D eigenvalue weighted by Gasteiger charge is -2.17. The topological polar surface area (TPSA) is 97.7 Å². The lowest BCUT2D eigenvalue weighted by Crippen LogP contribution is -2.28. The number of sulfonamides is 1. The van der Waals surface area contributed by atoms with Crippen molar-refractivity contribution in [3.05, 3.63) is 59.8 Å². The fourth-order valence-electron chi connectivity index (χ4n) is 4.47. The van der Waals surface area contributed by atoms with Crippen LogP contribution in [0.5, 0.6) is 5.75 Å². The van der Waals surface area contributed by atoms with Crippen LogP contribution < -0.4 is 10.1 Å². The zero-order valence-electron chi connectivity index (χ0n) is 19.5. The van der Waals surface area contributed by atoms with Gasteiger partial charge in [0.05, 0.1) is 17.5 Å². The number of hydrogen-bond acceptors (Lipinski definition) is 5. The minimum Gasteiger partial charge on any atom is -0.491 e. The summed E-state index contributed by atoms with van der Waals surface area (Å²) in [5, 5.41) is 3.54. The Morgan fingerprint density at radius 2 is 1.94 bits per heavy atom. The average Bonchev–Trinajstić information content (AvgIpc) is 3.44. The molecule has 2 aromatic carbocycles. The van der Waals surface area contributed by atoms with Crippen molar-refractivity contribution in [1.82, 2.24) is 14.2 Å². The fraction of sp³-hybridized carbons (Fsp3) is 0.360. The smallest absolute Gasteiger partial charge is 0.251 e. The summed E-state index contributed by atoms with van der Waals surface area (Å²) < 4.78 is 35.5. The van der Waals surface area contributed by atoms with Crippen LogP contribution in [0, 0.1) is 0 Å². The molecule has 2 heterocycles. The van der Waals surface area contributed by atoms with Gasteiger partial charge >= 0.3 is 0 Å². The van der Waals surface area contributed by atoms with Crippen LogP contribution in [-0.4, -0.2) is 55.7 Å². The maximum atomic E-state index is 13.3. The van der Waals surface area contributed by atoms with Crippen molar-refractivity contribution in [3.63, 3.8) is 0 Å². The number of carbonyl (C=O) groups excluding carboxylic acids is 2. The molecule has 0 spiro atoms. The largest absolute Gasteiger partial charge is 0.491 e. The third-order valence-corrected chi connectivity index (χ3v) is 7.98. The molecule has 1 atom stereocenters. The summed E-state index contributed by atoms with van der Waals surface area (Å²) in [5.41, 5.74) is 2.27. The minimum absolute atomic E-state index is 0.00979. The monoisotopic (exact) mass is 483 g/mol. The van der Waals surface area contributed by atoms with E-state index in [1.807, 2.05) is 30.7 Å². The molecule has 4 rings (SSSR count). The van der Waals surface area contributed by atoms with Gasteiger partial charge in [0.25, 0.3) is 5.91 Å². The first-order chi connectivity index (χ1) is 16.2. The molecule has 3 aromatic rings. The summed E-state index contributed by atoms with van der Waals surface area (Å²) >= 11 is 0. The van der Waals surface area contributed by atoms with Crippen LogP contribution in [0.4, 0.5) is 0 Å². The van der Waals surface area contributed by atoms with Crippen LogP contribution in [0.25, 0.3) is 10.9 Å². The highest BCUT2D eigenvalue weighted by Crippen LogP contribution is 2.36. The fourth-order valence-corrected chi connectivity index (χ4v) is 5.97. The molecule has 8 nitrogen and oxygen atoms in total. The van der Waals surface area contributed by atoms with Gasteiger partial charge in [-0.15, -0.1) is 0 Å². The van der Waals surface area contributed by atoms with Crippen LogP contribution in [-0.2, 0) is 21.4 Å². The number of nitrogens with one attached hydrogen (secondary N) is 1. The number of nitrogens with zero attached hydrogens (tertiary/aromatic N) is 2. The first-order valence-corrected chi connectivity index (χ1v) is 12.7. The number of amides is 1. The number of aromatic nitrogens is 1. The Morgan fingerprint density at radius 1 is 1.21 bits per heavy atom. The number of hydrogen-bond donors (Lipinski definition) is 1. The van der Waals surface area contributed by atoms with Crippen molar-refractivity contribution in [2.45, 2.75) is 43.7 Å². The molecule has 0 aliphatic carbocycles. The van der Waals surface area contributed by atoms with Gasteiger partial charge in [-0.2, -0.15) is 4.31 Å². The zero-order valence-corrected chi connectivity index (χ0v) is 20.3. The Hall–Kier alpha value is -3.17. The quantitative estimate of drug-likeness (QED) is 0.497. The Kier molecular flexibility index (Phi) is 6.77. The molecule has 1 fully saturated rings. The van der Waals surface area contributed by atoms with Gasteiger partial charge in [0.15, 0.2) is 0 Å². The molecule has 0 saturated carbocycles. The zero-order chi connectivity index (χ0) is 24.5. The molecular weight excluding hydrogens is 454 g/mol. The SMILES string of the molecule is CNC(=O)c1ccc2c(C3CCN(S(=O)(=O)c4ccc(OC(C)C)cc4)C3)cn(CC=O)c2c1. The molecule has 1 amide bonds. The first-order valence-electron chi connectivity index (χ1n) is 11.3. The Balaban J connectivity index is 1.60. The molecule has 1 aliphatic heterocycles. The van der Waals surface area contributed by atoms with E-state index in [4.69, 9.17) is 4.74 Å². The highest BCUT2D eigenvalue weighted by atomic mass is 32.2. The summed E-state index contributed by atoms with van der Waals surface area (Å²) in [6, 6.07) is 11.9. The Labute approximate surface area is 199 Å². The van der Waals surface area contributed by atoms with E-state index in [0.29, 0.717) is 30.8 Å². The Morgan fingerprint density at radius 3 is 2.59 bits per heavy atom. The summed E-state index contributed by atoms with van der Waals surface area (Å²) in [7, 11) is -2.07. The minimum atomic E-state index is -3.64. The summed E-state index contributed by atoms with van der Waals surface area (Å²) in [5.74, 6) is 0.414. The molecule has 1 saturated heterocycles. The molecule has 34 heavy (non-hydrogen) atoms. The summed E-state index contributed by atoms with van der Waals surface area (Å²) in [6.45, 7) is 4.76. The maximum Gasteiger partial charge on any atom is 0.251 e. The van der Waals surface area contributed by atoms with Crippen LogP contribution in [0.2, 0.25) is 0 Å². The van der Waals surface area contributed by atoms with Gasteiger partial charge in [-0.05, 0) is 62.2 Å². The lowest BCUT2D eigenvalue weighted by atomic mass is 9.97. The lowest BCUT2D eigenvalue weighted by molar-refractivity contribution is -0.108. The van der Waals surface area contributed by atoms with Crippen molar-refractivity contribution < 1.29 is 22.7 Å². The summed E-state index contributed by atoms with van der Waals surface area (Å²) in [6.07, 6.45) is 3.40. The molecule has 1 aliphatic rings. The van der Waals surface area contributed by atoms with Crippen LogP contribution in [0.1, 0.15) is 42.1 Å². The molecular formula is C25H29N3O5S. The molecule has 0 radical (unpaired) electrons. The van der Waals surface area contributed by atoms with E-state index in [1.165, 1.54) is 4.31 Å². The van der Waals surface area contributed by atoms with E-state index >= 15 is 0 Å². The maximum absolute atomic E-state index is 13.3. The predicted octanol–water partition coefficient (Wildman–Crippen LogP) is 3.17. The van der Waals surface area contributed by atoms with Crippen molar-refractivity contribution >= 4 is 33.1 Å². The van der Waals surface area contributed by atoms with E-state index in [2.05, 4.69) is 5.32 Å². The first kappa shape index (κ1) is 24.0. The highest BCUT2D eigenvalue weighted by molar-refractivity contribution is 7.89.